The number of hydrogen-bond acceptors (Lipinski definition) is 5. The Bertz CT molecular complexity index is 686. The molecule has 0 radical (unpaired) electrons. The molecule has 0 aliphatic carbocycles. The molecule has 2 unspecified atom stereocenters. The molecule has 1 fully saturated rings. The minimum Gasteiger partial charge on any atom is -0.378 e. The van der Waals surface area contributed by atoms with Crippen LogP contribution in [-0.2, 0) is 4.74 Å². The summed E-state index contributed by atoms with van der Waals surface area (Å²) < 4.78 is 10.3. The van der Waals surface area contributed by atoms with Gasteiger partial charge >= 0.3 is 0 Å². The van der Waals surface area contributed by atoms with Crippen LogP contribution in [0.25, 0.3) is 0 Å². The first-order chi connectivity index (χ1) is 11.1. The Morgan fingerprint density at radius 1 is 1.35 bits per heavy atom. The third kappa shape index (κ3) is 3.23. The van der Waals surface area contributed by atoms with Crippen LogP contribution in [0.5, 0.6) is 0 Å². The average Bonchev–Trinajstić information content (AvgIpc) is 2.95. The van der Waals surface area contributed by atoms with Gasteiger partial charge in [-0.05, 0) is 30.9 Å². The SMILES string of the molecule is CNc1snc(C)c1C(=O)N1CC(C)OC(c2ccccc2)C1. The lowest BCUT2D eigenvalue weighted by Crippen LogP contribution is -2.46. The van der Waals surface area contributed by atoms with E-state index in [1.54, 1.807) is 0 Å². The number of anilines is 1. The summed E-state index contributed by atoms with van der Waals surface area (Å²) in [5.41, 5.74) is 2.56. The molecule has 1 N–H and O–H groups in total. The molecule has 0 spiro atoms. The highest BCUT2D eigenvalue weighted by Gasteiger charge is 2.32. The maximum atomic E-state index is 13.0. The highest BCUT2D eigenvalue weighted by Crippen LogP contribution is 2.30. The van der Waals surface area contributed by atoms with Crippen molar-refractivity contribution in [3.8, 4) is 0 Å². The first kappa shape index (κ1) is 16.0. The number of amides is 1. The van der Waals surface area contributed by atoms with E-state index in [1.807, 2.05) is 56.1 Å². The number of carbonyl (C=O) groups is 1. The van der Waals surface area contributed by atoms with E-state index < -0.39 is 0 Å². The van der Waals surface area contributed by atoms with E-state index in [-0.39, 0.29) is 18.1 Å². The number of ether oxygens (including phenoxy) is 1. The highest BCUT2D eigenvalue weighted by atomic mass is 32.1. The average molecular weight is 331 g/mol. The van der Waals surface area contributed by atoms with Gasteiger partial charge in [0, 0.05) is 13.6 Å². The Morgan fingerprint density at radius 3 is 2.78 bits per heavy atom. The summed E-state index contributed by atoms with van der Waals surface area (Å²) in [4.78, 5) is 14.9. The second-order valence-electron chi connectivity index (χ2n) is 5.78. The fraction of sp³-hybridized carbons (Fsp3) is 0.412. The van der Waals surface area contributed by atoms with Gasteiger partial charge in [-0.15, -0.1) is 0 Å². The number of hydrogen-bond donors (Lipinski definition) is 1. The lowest BCUT2D eigenvalue weighted by atomic mass is 10.1. The van der Waals surface area contributed by atoms with Crippen molar-refractivity contribution in [2.24, 2.45) is 0 Å². The highest BCUT2D eigenvalue weighted by molar-refractivity contribution is 7.10. The fourth-order valence-corrected chi connectivity index (χ4v) is 3.66. The first-order valence-corrected chi connectivity index (χ1v) is 8.51. The Hall–Kier alpha value is -1.92. The molecule has 2 aromatic rings. The van der Waals surface area contributed by atoms with Crippen molar-refractivity contribution in [2.75, 3.05) is 25.5 Å². The van der Waals surface area contributed by atoms with E-state index in [1.165, 1.54) is 11.5 Å². The molecular formula is C17H21N3O2S. The van der Waals surface area contributed by atoms with Gasteiger partial charge in [0.25, 0.3) is 5.91 Å². The quantitative estimate of drug-likeness (QED) is 0.939. The van der Waals surface area contributed by atoms with Crippen LogP contribution in [0.4, 0.5) is 5.00 Å². The van der Waals surface area contributed by atoms with Crippen molar-refractivity contribution in [3.05, 3.63) is 47.2 Å². The Labute approximate surface area is 140 Å². The Kier molecular flexibility index (Phi) is 4.63. The maximum absolute atomic E-state index is 13.0. The van der Waals surface area contributed by atoms with Crippen LogP contribution in [0.2, 0.25) is 0 Å². The molecule has 1 amide bonds. The van der Waals surface area contributed by atoms with Crippen molar-refractivity contribution in [1.82, 2.24) is 9.27 Å². The molecule has 122 valence electrons. The van der Waals surface area contributed by atoms with Crippen LogP contribution in [0.15, 0.2) is 30.3 Å². The molecule has 2 atom stereocenters. The molecule has 5 nitrogen and oxygen atoms in total. The summed E-state index contributed by atoms with van der Waals surface area (Å²) in [7, 11) is 1.82. The van der Waals surface area contributed by atoms with Crippen LogP contribution >= 0.6 is 11.5 Å². The molecule has 1 aromatic carbocycles. The van der Waals surface area contributed by atoms with E-state index in [2.05, 4.69) is 9.69 Å². The van der Waals surface area contributed by atoms with Crippen molar-refractivity contribution >= 4 is 22.4 Å². The molecular weight excluding hydrogens is 310 g/mol. The van der Waals surface area contributed by atoms with Crippen LogP contribution in [0, 0.1) is 6.92 Å². The van der Waals surface area contributed by atoms with E-state index in [4.69, 9.17) is 4.74 Å². The molecule has 2 heterocycles. The predicted octanol–water partition coefficient (Wildman–Crippen LogP) is 3.10. The van der Waals surface area contributed by atoms with Crippen LogP contribution in [0.1, 0.15) is 34.6 Å². The summed E-state index contributed by atoms with van der Waals surface area (Å²) in [6, 6.07) is 10.1. The minimum absolute atomic E-state index is 0.00263. The molecule has 0 saturated carbocycles. The predicted molar refractivity (Wildman–Crippen MR) is 92.0 cm³/mol. The van der Waals surface area contributed by atoms with Gasteiger partial charge in [-0.2, -0.15) is 4.37 Å². The zero-order chi connectivity index (χ0) is 16.4. The lowest BCUT2D eigenvalue weighted by molar-refractivity contribution is -0.0691. The normalized spacial score (nSPS) is 21.3. The number of nitrogens with one attached hydrogen (secondary N) is 1. The standard InChI is InChI=1S/C17H21N3O2S/c1-11-9-20(10-14(22-11)13-7-5-4-6-8-13)17(21)15-12(2)19-23-16(15)18-3/h4-8,11,14,18H,9-10H2,1-3H3. The first-order valence-electron chi connectivity index (χ1n) is 7.74. The largest absolute Gasteiger partial charge is 0.378 e. The third-order valence-corrected chi connectivity index (χ3v) is 4.98. The van der Waals surface area contributed by atoms with Crippen molar-refractivity contribution in [1.29, 1.82) is 0 Å². The van der Waals surface area contributed by atoms with Gasteiger partial charge in [0.1, 0.15) is 11.1 Å². The minimum atomic E-state index is -0.0890. The molecule has 1 saturated heterocycles. The van der Waals surface area contributed by atoms with Crippen molar-refractivity contribution < 1.29 is 9.53 Å². The molecule has 1 aliphatic rings. The van der Waals surface area contributed by atoms with Crippen LogP contribution in [0.3, 0.4) is 0 Å². The van der Waals surface area contributed by atoms with Gasteiger partial charge < -0.3 is 15.0 Å². The zero-order valence-electron chi connectivity index (χ0n) is 13.6. The third-order valence-electron chi connectivity index (χ3n) is 4.02. The second-order valence-corrected chi connectivity index (χ2v) is 6.55. The van der Waals surface area contributed by atoms with Gasteiger partial charge in [-0.3, -0.25) is 4.79 Å². The Balaban J connectivity index is 1.84. The van der Waals surface area contributed by atoms with Gasteiger partial charge in [0.2, 0.25) is 0 Å². The maximum Gasteiger partial charge on any atom is 0.258 e. The van der Waals surface area contributed by atoms with Crippen molar-refractivity contribution in [3.63, 3.8) is 0 Å². The van der Waals surface area contributed by atoms with Crippen LogP contribution in [-0.4, -0.2) is 41.4 Å². The lowest BCUT2D eigenvalue weighted by Gasteiger charge is -2.37. The van der Waals surface area contributed by atoms with E-state index >= 15 is 0 Å². The number of carbonyl (C=O) groups excluding carboxylic acids is 1. The molecule has 1 aliphatic heterocycles. The smallest absolute Gasteiger partial charge is 0.258 e. The number of aromatic nitrogens is 1. The summed E-state index contributed by atoms with van der Waals surface area (Å²) in [5, 5.41) is 3.89. The number of aryl methyl sites for hydroxylation is 1. The summed E-state index contributed by atoms with van der Waals surface area (Å²) in [6.45, 7) is 5.04. The van der Waals surface area contributed by atoms with Gasteiger partial charge in [-0.25, -0.2) is 0 Å². The van der Waals surface area contributed by atoms with Gasteiger partial charge in [0.15, 0.2) is 0 Å². The molecule has 1 aromatic heterocycles. The monoisotopic (exact) mass is 331 g/mol. The van der Waals surface area contributed by atoms with E-state index in [9.17, 15) is 4.79 Å². The van der Waals surface area contributed by atoms with Gasteiger partial charge in [0.05, 0.1) is 23.9 Å². The summed E-state index contributed by atoms with van der Waals surface area (Å²) >= 11 is 1.33. The van der Waals surface area contributed by atoms with Gasteiger partial charge in [-0.1, -0.05) is 30.3 Å². The second kappa shape index (κ2) is 6.68. The topological polar surface area (TPSA) is 54.5 Å². The number of nitrogens with zero attached hydrogens (tertiary/aromatic N) is 2. The number of rotatable bonds is 3. The molecule has 0 bridgehead atoms. The van der Waals surface area contributed by atoms with Crippen LogP contribution < -0.4 is 5.32 Å². The number of benzene rings is 1. The Morgan fingerprint density at radius 2 is 2.09 bits per heavy atom. The molecule has 23 heavy (non-hydrogen) atoms. The zero-order valence-corrected chi connectivity index (χ0v) is 14.4. The number of morpholine rings is 1. The fourth-order valence-electron chi connectivity index (χ4n) is 2.92. The van der Waals surface area contributed by atoms with E-state index in [0.29, 0.717) is 18.7 Å². The van der Waals surface area contributed by atoms with E-state index in [0.717, 1.165) is 16.3 Å². The summed E-state index contributed by atoms with van der Waals surface area (Å²) in [5.74, 6) is 0.0247. The van der Waals surface area contributed by atoms with Crippen molar-refractivity contribution in [2.45, 2.75) is 26.1 Å². The molecule has 3 rings (SSSR count). The summed E-state index contributed by atoms with van der Waals surface area (Å²) in [6.07, 6.45) is -0.0864. The molecule has 6 heteroatoms.